The summed E-state index contributed by atoms with van der Waals surface area (Å²) in [7, 11) is 0. The number of hydrogen-bond acceptors (Lipinski definition) is 3. The van der Waals surface area contributed by atoms with E-state index in [-0.39, 0.29) is 5.97 Å². The molecule has 3 heteroatoms. The standard InChI is InChI=1S/C9H19NO2/c1-3-5-7-12-9(11)8-10-6-4-2/h10H,3-8H2,1-2H3. The van der Waals surface area contributed by atoms with Gasteiger partial charge in [-0.15, -0.1) is 0 Å². The van der Waals surface area contributed by atoms with Crippen molar-refractivity contribution in [2.45, 2.75) is 33.1 Å². The van der Waals surface area contributed by atoms with Gasteiger partial charge in [0.1, 0.15) is 0 Å². The molecule has 0 bridgehead atoms. The van der Waals surface area contributed by atoms with Crippen LogP contribution in [-0.2, 0) is 9.53 Å². The average Bonchev–Trinajstić information content (AvgIpc) is 2.06. The number of esters is 1. The van der Waals surface area contributed by atoms with Crippen molar-refractivity contribution in [2.75, 3.05) is 19.7 Å². The van der Waals surface area contributed by atoms with E-state index in [1.165, 1.54) is 0 Å². The third kappa shape index (κ3) is 7.54. The molecule has 1 N–H and O–H groups in total. The van der Waals surface area contributed by atoms with E-state index in [0.29, 0.717) is 13.2 Å². The van der Waals surface area contributed by atoms with Gasteiger partial charge in [-0.25, -0.2) is 0 Å². The van der Waals surface area contributed by atoms with Gasteiger partial charge < -0.3 is 10.1 Å². The zero-order valence-electron chi connectivity index (χ0n) is 8.06. The van der Waals surface area contributed by atoms with Crippen LogP contribution in [0.4, 0.5) is 0 Å². The molecule has 0 aromatic heterocycles. The summed E-state index contributed by atoms with van der Waals surface area (Å²) >= 11 is 0. The molecule has 0 unspecified atom stereocenters. The zero-order valence-corrected chi connectivity index (χ0v) is 8.06. The number of unbranched alkanes of at least 4 members (excludes halogenated alkanes) is 1. The van der Waals surface area contributed by atoms with Crippen molar-refractivity contribution in [3.63, 3.8) is 0 Å². The molecular weight excluding hydrogens is 154 g/mol. The van der Waals surface area contributed by atoms with Crippen LogP contribution in [0.5, 0.6) is 0 Å². The van der Waals surface area contributed by atoms with Gasteiger partial charge >= 0.3 is 5.97 Å². The smallest absolute Gasteiger partial charge is 0.319 e. The Morgan fingerprint density at radius 3 is 2.67 bits per heavy atom. The van der Waals surface area contributed by atoms with Crippen LogP contribution in [-0.4, -0.2) is 25.7 Å². The molecule has 0 atom stereocenters. The summed E-state index contributed by atoms with van der Waals surface area (Å²) in [5.74, 6) is -0.142. The Morgan fingerprint density at radius 2 is 2.08 bits per heavy atom. The number of carbonyl (C=O) groups excluding carboxylic acids is 1. The highest BCUT2D eigenvalue weighted by atomic mass is 16.5. The lowest BCUT2D eigenvalue weighted by molar-refractivity contribution is -0.142. The Balaban J connectivity index is 3.10. The second-order valence-corrected chi connectivity index (χ2v) is 2.75. The molecule has 0 aliphatic carbocycles. The van der Waals surface area contributed by atoms with Crippen LogP contribution < -0.4 is 5.32 Å². The summed E-state index contributed by atoms with van der Waals surface area (Å²) in [4.78, 5) is 10.9. The zero-order chi connectivity index (χ0) is 9.23. The molecule has 0 radical (unpaired) electrons. The molecule has 0 aliphatic heterocycles. The van der Waals surface area contributed by atoms with E-state index < -0.39 is 0 Å². The highest BCUT2D eigenvalue weighted by Crippen LogP contribution is 1.87. The van der Waals surface area contributed by atoms with Gasteiger partial charge in [-0.1, -0.05) is 20.3 Å². The maximum Gasteiger partial charge on any atom is 0.319 e. The van der Waals surface area contributed by atoms with Gasteiger partial charge in [-0.2, -0.15) is 0 Å². The fourth-order valence-corrected chi connectivity index (χ4v) is 0.749. The summed E-state index contributed by atoms with van der Waals surface area (Å²) in [6, 6.07) is 0. The second kappa shape index (κ2) is 8.53. The Morgan fingerprint density at radius 1 is 1.33 bits per heavy atom. The van der Waals surface area contributed by atoms with Crippen LogP contribution in [0.15, 0.2) is 0 Å². The summed E-state index contributed by atoms with van der Waals surface area (Å²) in [6.07, 6.45) is 3.07. The number of rotatable bonds is 7. The van der Waals surface area contributed by atoms with Gasteiger partial charge in [0.2, 0.25) is 0 Å². The molecule has 0 spiro atoms. The van der Waals surface area contributed by atoms with E-state index in [1.54, 1.807) is 0 Å². The topological polar surface area (TPSA) is 38.3 Å². The lowest BCUT2D eigenvalue weighted by Gasteiger charge is -2.03. The molecule has 72 valence electrons. The number of nitrogens with one attached hydrogen (secondary N) is 1. The number of hydrogen-bond donors (Lipinski definition) is 1. The Kier molecular flexibility index (Phi) is 8.12. The Bertz CT molecular complexity index is 103. The van der Waals surface area contributed by atoms with E-state index in [2.05, 4.69) is 19.2 Å². The maximum atomic E-state index is 10.9. The molecule has 3 nitrogen and oxygen atoms in total. The average molecular weight is 173 g/mol. The molecule has 0 saturated carbocycles. The van der Waals surface area contributed by atoms with Crippen molar-refractivity contribution in [2.24, 2.45) is 0 Å². The van der Waals surface area contributed by atoms with Gasteiger partial charge in [0.05, 0.1) is 13.2 Å². The molecule has 0 heterocycles. The van der Waals surface area contributed by atoms with Crippen molar-refractivity contribution < 1.29 is 9.53 Å². The van der Waals surface area contributed by atoms with Gasteiger partial charge in [0.15, 0.2) is 0 Å². The Labute approximate surface area is 74.5 Å². The predicted molar refractivity (Wildman–Crippen MR) is 49.0 cm³/mol. The molecule has 0 fully saturated rings. The molecule has 0 aliphatic rings. The Hall–Kier alpha value is -0.570. The summed E-state index contributed by atoms with van der Waals surface area (Å²) in [5.41, 5.74) is 0. The van der Waals surface area contributed by atoms with Crippen molar-refractivity contribution >= 4 is 5.97 Å². The summed E-state index contributed by atoms with van der Waals surface area (Å²) < 4.78 is 4.93. The third-order valence-electron chi connectivity index (χ3n) is 1.46. The van der Waals surface area contributed by atoms with E-state index in [4.69, 9.17) is 4.74 Å². The van der Waals surface area contributed by atoms with Crippen LogP contribution >= 0.6 is 0 Å². The molecular formula is C9H19NO2. The summed E-state index contributed by atoms with van der Waals surface area (Å²) in [6.45, 7) is 5.92. The summed E-state index contributed by atoms with van der Waals surface area (Å²) in [5, 5.41) is 2.99. The fraction of sp³-hybridized carbons (Fsp3) is 0.889. The highest BCUT2D eigenvalue weighted by molar-refractivity contribution is 5.71. The maximum absolute atomic E-state index is 10.9. The van der Waals surface area contributed by atoms with Crippen molar-refractivity contribution in [3.05, 3.63) is 0 Å². The van der Waals surface area contributed by atoms with Crippen molar-refractivity contribution in [1.82, 2.24) is 5.32 Å². The number of carbonyl (C=O) groups is 1. The first kappa shape index (κ1) is 11.4. The third-order valence-corrected chi connectivity index (χ3v) is 1.46. The first-order valence-electron chi connectivity index (χ1n) is 4.67. The van der Waals surface area contributed by atoms with Gasteiger partial charge in [0.25, 0.3) is 0 Å². The highest BCUT2D eigenvalue weighted by Gasteiger charge is 1.99. The van der Waals surface area contributed by atoms with Gasteiger partial charge in [-0.05, 0) is 19.4 Å². The molecule has 0 aromatic carbocycles. The first-order chi connectivity index (χ1) is 5.81. The SMILES string of the molecule is CCCCOC(=O)CNCCC. The minimum absolute atomic E-state index is 0.142. The van der Waals surface area contributed by atoms with Gasteiger partial charge in [0, 0.05) is 0 Å². The van der Waals surface area contributed by atoms with E-state index in [1.807, 2.05) is 0 Å². The molecule has 0 saturated heterocycles. The normalized spacial score (nSPS) is 9.83. The lowest BCUT2D eigenvalue weighted by Crippen LogP contribution is -2.25. The molecule has 12 heavy (non-hydrogen) atoms. The monoisotopic (exact) mass is 173 g/mol. The minimum atomic E-state index is -0.142. The molecule has 0 rings (SSSR count). The molecule has 0 aromatic rings. The van der Waals surface area contributed by atoms with Crippen LogP contribution in [0.3, 0.4) is 0 Å². The van der Waals surface area contributed by atoms with Gasteiger partial charge in [-0.3, -0.25) is 4.79 Å². The van der Waals surface area contributed by atoms with E-state index in [0.717, 1.165) is 25.8 Å². The lowest BCUT2D eigenvalue weighted by atomic mass is 10.4. The second-order valence-electron chi connectivity index (χ2n) is 2.75. The first-order valence-corrected chi connectivity index (χ1v) is 4.67. The minimum Gasteiger partial charge on any atom is -0.465 e. The predicted octanol–water partition coefficient (Wildman–Crippen LogP) is 1.33. The molecule has 0 amide bonds. The fourth-order valence-electron chi connectivity index (χ4n) is 0.749. The van der Waals surface area contributed by atoms with Crippen LogP contribution in [0.2, 0.25) is 0 Å². The van der Waals surface area contributed by atoms with Crippen molar-refractivity contribution in [3.8, 4) is 0 Å². The largest absolute Gasteiger partial charge is 0.465 e. The van der Waals surface area contributed by atoms with E-state index >= 15 is 0 Å². The van der Waals surface area contributed by atoms with Crippen LogP contribution in [0.1, 0.15) is 33.1 Å². The van der Waals surface area contributed by atoms with Crippen LogP contribution in [0.25, 0.3) is 0 Å². The van der Waals surface area contributed by atoms with Crippen molar-refractivity contribution in [1.29, 1.82) is 0 Å². The quantitative estimate of drug-likeness (QED) is 0.466. The van der Waals surface area contributed by atoms with E-state index in [9.17, 15) is 4.79 Å². The number of ether oxygens (including phenoxy) is 1. The van der Waals surface area contributed by atoms with Crippen LogP contribution in [0, 0.1) is 0 Å².